The minimum Gasteiger partial charge on any atom is -0.274 e. The highest BCUT2D eigenvalue weighted by Crippen LogP contribution is 2.50. The van der Waals surface area contributed by atoms with Gasteiger partial charge in [-0.25, -0.2) is 0 Å². The molecule has 0 saturated carbocycles. The van der Waals surface area contributed by atoms with E-state index in [-0.39, 0.29) is 15.5 Å². The summed E-state index contributed by atoms with van der Waals surface area (Å²) in [4.78, 5) is 12.8. The van der Waals surface area contributed by atoms with Gasteiger partial charge in [-0.1, -0.05) is 90.7 Å². The van der Waals surface area contributed by atoms with Crippen molar-refractivity contribution in [3.63, 3.8) is 0 Å². The van der Waals surface area contributed by atoms with Crippen molar-refractivity contribution >= 4 is 39.6 Å². The van der Waals surface area contributed by atoms with E-state index in [1.165, 1.54) is 17.2 Å². The molecule has 5 rings (SSSR count). The summed E-state index contributed by atoms with van der Waals surface area (Å²) in [5.41, 5.74) is 2.99. The molecule has 7 heteroatoms. The van der Waals surface area contributed by atoms with Gasteiger partial charge in [0, 0.05) is 21.9 Å². The third kappa shape index (κ3) is 4.61. The fourth-order valence-electron chi connectivity index (χ4n) is 4.12. The van der Waals surface area contributed by atoms with E-state index in [0.29, 0.717) is 21.7 Å². The Kier molecular flexibility index (Phi) is 5.75. The zero-order valence-corrected chi connectivity index (χ0v) is 19.1. The molecule has 0 amide bonds. The predicted molar refractivity (Wildman–Crippen MR) is 136 cm³/mol. The van der Waals surface area contributed by atoms with Crippen molar-refractivity contribution in [3.8, 4) is 11.8 Å². The molecule has 0 unspecified atom stereocenters. The van der Waals surface area contributed by atoms with Crippen molar-refractivity contribution in [1.29, 1.82) is 0 Å². The summed E-state index contributed by atoms with van der Waals surface area (Å²) in [5, 5.41) is 1.54. The van der Waals surface area contributed by atoms with Crippen LogP contribution in [0.1, 0.15) is 22.3 Å². The number of hydrogen-bond acceptors (Lipinski definition) is 2. The van der Waals surface area contributed by atoms with Gasteiger partial charge in [-0.2, -0.15) is 0 Å². The Hall–Kier alpha value is -4.15. The lowest BCUT2D eigenvalue weighted by Crippen LogP contribution is -2.37. The van der Waals surface area contributed by atoms with Crippen molar-refractivity contribution < 1.29 is 15.9 Å². The molecule has 35 heavy (non-hydrogen) atoms. The monoisotopic (exact) mass is 489 g/mol. The van der Waals surface area contributed by atoms with Gasteiger partial charge in [-0.15, -0.1) is 4.73 Å². The smallest absolute Gasteiger partial charge is 0.274 e. The lowest BCUT2D eigenvalue weighted by atomic mass is 9.98. The average molecular weight is 490 g/mol. The van der Waals surface area contributed by atoms with Gasteiger partial charge in [0.2, 0.25) is 0 Å². The fourth-order valence-corrected chi connectivity index (χ4v) is 4.44. The summed E-state index contributed by atoms with van der Waals surface area (Å²) in [7, 11) is 0. The van der Waals surface area contributed by atoms with Crippen LogP contribution in [0.3, 0.4) is 0 Å². The van der Waals surface area contributed by atoms with Crippen LogP contribution in [-0.4, -0.2) is 4.73 Å². The van der Waals surface area contributed by atoms with Crippen LogP contribution in [0.15, 0.2) is 89.7 Å². The van der Waals surface area contributed by atoms with Gasteiger partial charge in [0.15, 0.2) is 0 Å². The molecule has 0 radical (unpaired) electrons. The first-order chi connectivity index (χ1) is 16.8. The molecular weight excluding hydrogens is 471 g/mol. The fraction of sp³-hybridized carbons (Fsp3) is 0.0357. The van der Waals surface area contributed by atoms with E-state index < -0.39 is 17.0 Å². The molecule has 1 heterocycles. The summed E-state index contributed by atoms with van der Waals surface area (Å²) in [6.07, 6.45) is 0.831. The van der Waals surface area contributed by atoms with E-state index in [4.69, 9.17) is 0 Å². The SMILES string of the molecule is C=c1c2ccc(C#Cc3ccc(Cc4ccccc4)cc3)c3cccc(c(=O)n1OS(F)(F)F)c32. The maximum Gasteiger partial charge on any atom is 0.411 e. The number of halogens is 3. The van der Waals surface area contributed by atoms with Gasteiger partial charge < -0.3 is 0 Å². The van der Waals surface area contributed by atoms with Gasteiger partial charge in [0.1, 0.15) is 0 Å². The Morgan fingerprint density at radius 1 is 0.771 bits per heavy atom. The van der Waals surface area contributed by atoms with Crippen molar-refractivity contribution in [2.75, 3.05) is 0 Å². The maximum absolute atomic E-state index is 12.9. The van der Waals surface area contributed by atoms with Gasteiger partial charge in [-0.3, -0.25) is 9.08 Å². The number of rotatable bonds is 4. The van der Waals surface area contributed by atoms with Crippen LogP contribution in [-0.2, 0) is 6.42 Å². The number of hydrogen-bond donors (Lipinski definition) is 0. The number of pyridine rings is 1. The van der Waals surface area contributed by atoms with E-state index in [9.17, 15) is 16.5 Å². The summed E-state index contributed by atoms with van der Waals surface area (Å²) < 4.78 is 43.0. The minimum absolute atomic E-state index is 0.113. The molecule has 0 fully saturated rings. The second-order valence-corrected chi connectivity index (χ2v) is 8.86. The van der Waals surface area contributed by atoms with Crippen LogP contribution in [0.5, 0.6) is 0 Å². The van der Waals surface area contributed by atoms with Gasteiger partial charge in [0.05, 0.1) is 10.7 Å². The van der Waals surface area contributed by atoms with Crippen LogP contribution >= 0.6 is 11.5 Å². The largest absolute Gasteiger partial charge is 0.411 e. The first-order valence-corrected chi connectivity index (χ1v) is 11.9. The summed E-state index contributed by atoms with van der Waals surface area (Å²) in [5.74, 6) is 6.29. The van der Waals surface area contributed by atoms with Crippen LogP contribution < -0.4 is 15.2 Å². The van der Waals surface area contributed by atoms with Crippen LogP contribution in [0.25, 0.3) is 28.1 Å². The predicted octanol–water partition coefficient (Wildman–Crippen LogP) is 6.08. The van der Waals surface area contributed by atoms with E-state index >= 15 is 0 Å². The highest BCUT2D eigenvalue weighted by atomic mass is 32.4. The Morgan fingerprint density at radius 3 is 2.17 bits per heavy atom. The maximum atomic E-state index is 12.9. The standard InChI is InChI=1S/C28H18F3NO2S/c1-19-24-17-16-23(15-14-20-10-12-22(13-11-20)18-21-6-3-2-4-7-21)25-8-5-9-26(27(24)25)28(33)32(19)34-35(29,30)31/h2-13,16-17H,1,18H2. The van der Waals surface area contributed by atoms with Crippen LogP contribution in [0.4, 0.5) is 11.7 Å². The van der Waals surface area contributed by atoms with E-state index in [0.717, 1.165) is 12.0 Å². The molecule has 0 N–H and O–H groups in total. The van der Waals surface area contributed by atoms with Crippen molar-refractivity contribution in [3.05, 3.63) is 123 Å². The third-order valence-corrected chi connectivity index (χ3v) is 6.04. The normalized spacial score (nSPS) is 11.9. The molecule has 0 aliphatic rings. The molecule has 3 nitrogen and oxygen atoms in total. The van der Waals surface area contributed by atoms with Crippen molar-refractivity contribution in [2.24, 2.45) is 0 Å². The lowest BCUT2D eigenvalue weighted by molar-refractivity contribution is 0.237. The molecule has 0 aliphatic heterocycles. The van der Waals surface area contributed by atoms with E-state index in [2.05, 4.69) is 34.8 Å². The second kappa shape index (κ2) is 8.90. The first kappa shape index (κ1) is 22.6. The highest BCUT2D eigenvalue weighted by Gasteiger charge is 2.27. The molecule has 0 saturated heterocycles. The molecular formula is C28H18F3NO2S. The Morgan fingerprint density at radius 2 is 1.46 bits per heavy atom. The summed E-state index contributed by atoms with van der Waals surface area (Å²) in [6.45, 7) is 3.67. The molecule has 5 aromatic rings. The molecule has 0 atom stereocenters. The van der Waals surface area contributed by atoms with Gasteiger partial charge in [0.25, 0.3) is 5.56 Å². The lowest BCUT2D eigenvalue weighted by Gasteiger charge is -2.15. The minimum atomic E-state index is -5.91. The Balaban J connectivity index is 1.53. The van der Waals surface area contributed by atoms with Gasteiger partial charge >= 0.3 is 11.5 Å². The van der Waals surface area contributed by atoms with Gasteiger partial charge in [-0.05, 0) is 47.2 Å². The molecule has 1 aromatic heterocycles. The zero-order valence-electron chi connectivity index (χ0n) is 18.3. The molecule has 4 aromatic carbocycles. The summed E-state index contributed by atoms with van der Waals surface area (Å²) >= 11 is -5.91. The highest BCUT2D eigenvalue weighted by molar-refractivity contribution is 8.16. The topological polar surface area (TPSA) is 31.2 Å². The summed E-state index contributed by atoms with van der Waals surface area (Å²) in [6, 6.07) is 26.4. The molecule has 174 valence electrons. The van der Waals surface area contributed by atoms with Crippen molar-refractivity contribution in [2.45, 2.75) is 6.42 Å². The Labute approximate surface area is 201 Å². The quantitative estimate of drug-likeness (QED) is 0.287. The molecule has 0 spiro atoms. The molecule has 0 bridgehead atoms. The van der Waals surface area contributed by atoms with E-state index in [1.54, 1.807) is 24.3 Å². The number of aromatic nitrogens is 1. The second-order valence-electron chi connectivity index (χ2n) is 7.98. The average Bonchev–Trinajstić information content (AvgIpc) is 2.85. The Bertz CT molecular complexity index is 1680. The first-order valence-electron chi connectivity index (χ1n) is 10.7. The third-order valence-electron chi connectivity index (χ3n) is 5.72. The zero-order chi connectivity index (χ0) is 24.6. The van der Waals surface area contributed by atoms with Crippen molar-refractivity contribution in [1.82, 2.24) is 4.73 Å². The molecule has 0 aliphatic carbocycles. The number of benzene rings is 4. The van der Waals surface area contributed by atoms with Crippen LogP contribution in [0, 0.1) is 11.8 Å². The number of nitrogens with zero attached hydrogens (tertiary/aromatic N) is 1. The van der Waals surface area contributed by atoms with Crippen LogP contribution in [0.2, 0.25) is 0 Å². The van der Waals surface area contributed by atoms with E-state index in [1.807, 2.05) is 42.5 Å².